The molecule has 0 aliphatic heterocycles. The molecule has 0 radical (unpaired) electrons. The molecule has 0 fully saturated rings. The number of hydrogen-bond acceptors (Lipinski definition) is 1. The van der Waals surface area contributed by atoms with E-state index in [-0.39, 0.29) is 65.5 Å². The Hall–Kier alpha value is 1.80. The Morgan fingerprint density at radius 2 is 1.67 bits per heavy atom. The Balaban J connectivity index is -0.0000000417. The van der Waals surface area contributed by atoms with Crippen LogP contribution in [0.25, 0.3) is 0 Å². The molecule has 0 heterocycles. The van der Waals surface area contributed by atoms with Crippen molar-refractivity contribution in [2.24, 2.45) is 0 Å². The van der Waals surface area contributed by atoms with Crippen LogP contribution < -0.4 is 40.9 Å². The van der Waals surface area contributed by atoms with Crippen molar-refractivity contribution in [2.75, 3.05) is 6.61 Å². The topological polar surface area (TPSA) is 23.1 Å². The van der Waals surface area contributed by atoms with Gasteiger partial charge in [-0.2, -0.15) is 6.42 Å². The van der Waals surface area contributed by atoms with Crippen molar-refractivity contribution >= 4 is 23.1 Å². The van der Waals surface area contributed by atoms with Crippen molar-refractivity contribution in [3.8, 4) is 0 Å². The van der Waals surface area contributed by atoms with Gasteiger partial charge in [-0.15, -0.1) is 6.61 Å². The van der Waals surface area contributed by atoms with Crippen LogP contribution in [0.4, 0.5) is 0 Å². The van der Waals surface area contributed by atoms with Crippen LogP contribution in [0.5, 0.6) is 0 Å². The van der Waals surface area contributed by atoms with E-state index in [1.165, 1.54) is 0 Å². The van der Waals surface area contributed by atoms with Gasteiger partial charge < -0.3 is 29.0 Å². The first-order valence-electron chi connectivity index (χ1n) is 2.29. The summed E-state index contributed by atoms with van der Waals surface area (Å²) in [7, 11) is 0. The van der Waals surface area contributed by atoms with Crippen LogP contribution in [0.15, 0.2) is 0 Å². The van der Waals surface area contributed by atoms with Gasteiger partial charge in [0.15, 0.2) is 0 Å². The van der Waals surface area contributed by atoms with Gasteiger partial charge in [0.1, 0.15) is 0 Å². The van der Waals surface area contributed by atoms with Crippen molar-refractivity contribution < 1.29 is 40.9 Å². The first kappa shape index (κ1) is 22.4. The summed E-state index contributed by atoms with van der Waals surface area (Å²) in [6, 6.07) is 0. The zero-order chi connectivity index (χ0) is 4.83. The Bertz CT molecular complexity index is 28.9. The van der Waals surface area contributed by atoms with Crippen LogP contribution in [0.2, 0.25) is 0 Å². The van der Waals surface area contributed by atoms with Crippen LogP contribution in [0, 0.1) is 6.92 Å². The van der Waals surface area contributed by atoms with E-state index >= 15 is 0 Å². The summed E-state index contributed by atoms with van der Waals surface area (Å²) in [6.45, 7) is 3.65. The van der Waals surface area contributed by atoms with E-state index in [9.17, 15) is 5.11 Å². The van der Waals surface area contributed by atoms with E-state index in [2.05, 4.69) is 6.92 Å². The predicted octanol–water partition coefficient (Wildman–Crippen LogP) is -6.02. The second-order valence-corrected chi connectivity index (χ2v) is 1.26. The molecule has 0 aromatic carbocycles. The van der Waals surface area contributed by atoms with E-state index in [1.807, 2.05) is 0 Å². The average Bonchev–Trinajstić information content (AvgIpc) is 1.61. The maximum absolute atomic E-state index is 9.66. The maximum atomic E-state index is 9.66. The summed E-state index contributed by atoms with van der Waals surface area (Å²) in [5.74, 6) is 0. The standard InChI is InChI=1S/C5H10O.BrH.Li.Mg/c1-2-3-4-5-6;;;/h1-5H2;1H;;/q-2;;+1;+2/p-1. The minimum atomic E-state index is 0. The number of unbranched alkanes of at least 4 members (excludes halogenated alkanes) is 2. The molecule has 0 aromatic rings. The molecular formula is C5H10BrLiMgO. The molecule has 0 bridgehead atoms. The van der Waals surface area contributed by atoms with Gasteiger partial charge in [0.05, 0.1) is 0 Å². The van der Waals surface area contributed by atoms with Gasteiger partial charge in [0.25, 0.3) is 0 Å². The molecule has 0 aliphatic rings. The molecule has 46 valence electrons. The molecule has 0 saturated heterocycles. The van der Waals surface area contributed by atoms with Gasteiger partial charge >= 0.3 is 41.9 Å². The van der Waals surface area contributed by atoms with Crippen molar-refractivity contribution in [3.05, 3.63) is 6.92 Å². The summed E-state index contributed by atoms with van der Waals surface area (Å²) in [5, 5.41) is 9.66. The fraction of sp³-hybridized carbons (Fsp3) is 0.800. The zero-order valence-corrected chi connectivity index (χ0v) is 9.03. The Morgan fingerprint density at radius 3 is 1.78 bits per heavy atom. The Kier molecular flexibility index (Phi) is 56.2. The van der Waals surface area contributed by atoms with Gasteiger partial charge in [-0.3, -0.25) is 0 Å². The summed E-state index contributed by atoms with van der Waals surface area (Å²) in [5.41, 5.74) is 0. The zero-order valence-electron chi connectivity index (χ0n) is 6.03. The van der Waals surface area contributed by atoms with Crippen molar-refractivity contribution in [1.29, 1.82) is 0 Å². The molecule has 0 rings (SSSR count). The van der Waals surface area contributed by atoms with Crippen molar-refractivity contribution in [1.82, 2.24) is 0 Å². The fourth-order valence-corrected chi connectivity index (χ4v) is 0.279. The summed E-state index contributed by atoms with van der Waals surface area (Å²) < 4.78 is 0. The molecule has 0 aromatic heterocycles. The molecule has 0 spiro atoms. The third-order valence-electron chi connectivity index (χ3n) is 0.644. The number of hydrogen-bond donors (Lipinski definition) is 0. The SMILES string of the molecule is [Br-].[CH2-]CCCC[O-].[Li+].[Mg+2]. The summed E-state index contributed by atoms with van der Waals surface area (Å²) in [6.07, 6.45) is 2.69. The Labute approximate surface area is 96.1 Å². The van der Waals surface area contributed by atoms with Gasteiger partial charge in [-0.25, -0.2) is 0 Å². The van der Waals surface area contributed by atoms with Gasteiger partial charge in [0, 0.05) is 0 Å². The molecule has 0 unspecified atom stereocenters. The smallest absolute Gasteiger partial charge is 1.00 e. The third-order valence-corrected chi connectivity index (χ3v) is 0.644. The van der Waals surface area contributed by atoms with Crippen LogP contribution in [0.3, 0.4) is 0 Å². The normalized spacial score (nSPS) is 6.00. The quantitative estimate of drug-likeness (QED) is 0.251. The first-order valence-corrected chi connectivity index (χ1v) is 2.29. The minimum Gasteiger partial charge on any atom is -1.00 e. The van der Waals surface area contributed by atoms with E-state index in [1.54, 1.807) is 0 Å². The predicted molar refractivity (Wildman–Crippen MR) is 29.8 cm³/mol. The van der Waals surface area contributed by atoms with Crippen LogP contribution in [0.1, 0.15) is 19.3 Å². The first-order chi connectivity index (χ1) is 2.91. The van der Waals surface area contributed by atoms with Crippen molar-refractivity contribution in [3.63, 3.8) is 0 Å². The van der Waals surface area contributed by atoms with Crippen LogP contribution in [-0.2, 0) is 0 Å². The molecule has 9 heavy (non-hydrogen) atoms. The summed E-state index contributed by atoms with van der Waals surface area (Å²) >= 11 is 0. The number of rotatable bonds is 3. The van der Waals surface area contributed by atoms with Crippen molar-refractivity contribution in [2.45, 2.75) is 19.3 Å². The molecule has 0 atom stereocenters. The van der Waals surface area contributed by atoms with E-state index < -0.39 is 0 Å². The number of halogens is 1. The molecule has 4 heteroatoms. The Morgan fingerprint density at radius 1 is 1.22 bits per heavy atom. The summed E-state index contributed by atoms with van der Waals surface area (Å²) in [4.78, 5) is 0. The monoisotopic (exact) mass is 196 g/mol. The van der Waals surface area contributed by atoms with Crippen LogP contribution >= 0.6 is 0 Å². The molecule has 0 N–H and O–H groups in total. The van der Waals surface area contributed by atoms with Gasteiger partial charge in [-0.05, 0) is 0 Å². The minimum absolute atomic E-state index is 0. The average molecular weight is 197 g/mol. The van der Waals surface area contributed by atoms with Gasteiger partial charge in [0.2, 0.25) is 0 Å². The maximum Gasteiger partial charge on any atom is 2.00 e. The van der Waals surface area contributed by atoms with Crippen LogP contribution in [-0.4, -0.2) is 29.7 Å². The molecule has 0 amide bonds. The molecule has 1 nitrogen and oxygen atoms in total. The third kappa shape index (κ3) is 25.9. The molecular weight excluding hydrogens is 187 g/mol. The molecule has 0 aliphatic carbocycles. The molecule has 0 saturated carbocycles. The van der Waals surface area contributed by atoms with E-state index in [0.29, 0.717) is 0 Å². The second kappa shape index (κ2) is 22.6. The second-order valence-electron chi connectivity index (χ2n) is 1.26. The largest absolute Gasteiger partial charge is 2.00 e. The van der Waals surface area contributed by atoms with Gasteiger partial charge in [-0.1, -0.05) is 12.8 Å². The fourth-order valence-electron chi connectivity index (χ4n) is 0.279. The van der Waals surface area contributed by atoms with E-state index in [0.717, 1.165) is 19.3 Å². The van der Waals surface area contributed by atoms with E-state index in [4.69, 9.17) is 0 Å².